The average molecular weight is 606 g/mol. The summed E-state index contributed by atoms with van der Waals surface area (Å²) in [6.07, 6.45) is 1.59. The summed E-state index contributed by atoms with van der Waals surface area (Å²) in [4.78, 5) is 86.2. The number of carboxylic acid groups (broad SMARTS) is 1. The summed E-state index contributed by atoms with van der Waals surface area (Å²) < 4.78 is 0. The lowest BCUT2D eigenvalue weighted by Crippen LogP contribution is -2.56. The Kier molecular flexibility index (Phi) is 13.5. The smallest absolute Gasteiger partial charge is 0.303 e. The second-order valence-corrected chi connectivity index (χ2v) is 10.2. The van der Waals surface area contributed by atoms with Gasteiger partial charge in [-0.25, -0.2) is 0 Å². The molecule has 7 N–H and O–H groups in total. The molecular formula is C27H39N7O9. The molecule has 1 fully saturated rings. The highest BCUT2D eigenvalue weighted by molar-refractivity contribution is 5.99. The topological polar surface area (TPSA) is 243 Å². The summed E-state index contributed by atoms with van der Waals surface area (Å²) in [7, 11) is 0. The SMILES string of the molecule is C[C@H](NC(=O)CCC(=O)O)C(=O)N[C@@H](C)C(=O)N1CCC[C@H]1C(=O)N[C@@H](CCCCN)C(=O)Nc1ccc([N+](=O)[O-])cc1. The van der Waals surface area contributed by atoms with E-state index < -0.39 is 64.6 Å². The van der Waals surface area contributed by atoms with Crippen LogP contribution in [0.3, 0.4) is 0 Å². The molecule has 1 aromatic rings. The fourth-order valence-electron chi connectivity index (χ4n) is 4.48. The molecule has 1 saturated heterocycles. The summed E-state index contributed by atoms with van der Waals surface area (Å²) in [5.74, 6) is -4.03. The minimum atomic E-state index is -1.15. The molecule has 1 aliphatic heterocycles. The highest BCUT2D eigenvalue weighted by Crippen LogP contribution is 2.20. The Morgan fingerprint density at radius 1 is 1.00 bits per heavy atom. The number of likely N-dealkylation sites (tertiary alicyclic amines) is 1. The summed E-state index contributed by atoms with van der Waals surface area (Å²) in [5.41, 5.74) is 5.74. The van der Waals surface area contributed by atoms with E-state index in [-0.39, 0.29) is 31.5 Å². The zero-order valence-electron chi connectivity index (χ0n) is 24.2. The number of nitrogens with one attached hydrogen (secondary N) is 4. The number of nitro groups is 1. The molecular weight excluding hydrogens is 566 g/mol. The van der Waals surface area contributed by atoms with Gasteiger partial charge in [-0.3, -0.25) is 38.9 Å². The maximum Gasteiger partial charge on any atom is 0.303 e. The Hall–Kier alpha value is -4.60. The molecule has 1 aromatic carbocycles. The van der Waals surface area contributed by atoms with E-state index in [9.17, 15) is 38.9 Å². The number of unbranched alkanes of at least 4 members (excludes halogenated alkanes) is 1. The predicted molar refractivity (Wildman–Crippen MR) is 153 cm³/mol. The van der Waals surface area contributed by atoms with Crippen molar-refractivity contribution in [3.8, 4) is 0 Å². The zero-order valence-corrected chi connectivity index (χ0v) is 24.2. The van der Waals surface area contributed by atoms with E-state index in [0.29, 0.717) is 37.9 Å². The zero-order chi connectivity index (χ0) is 32.1. The first-order chi connectivity index (χ1) is 20.3. The number of hydrogen-bond acceptors (Lipinski definition) is 9. The van der Waals surface area contributed by atoms with Gasteiger partial charge < -0.3 is 37.0 Å². The van der Waals surface area contributed by atoms with E-state index in [4.69, 9.17) is 10.8 Å². The average Bonchev–Trinajstić information content (AvgIpc) is 3.45. The number of carbonyl (C=O) groups excluding carboxylic acids is 5. The molecule has 236 valence electrons. The second-order valence-electron chi connectivity index (χ2n) is 10.2. The van der Waals surface area contributed by atoms with Crippen molar-refractivity contribution in [1.82, 2.24) is 20.9 Å². The molecule has 0 saturated carbocycles. The van der Waals surface area contributed by atoms with Crippen LogP contribution in [0.25, 0.3) is 0 Å². The van der Waals surface area contributed by atoms with Crippen molar-refractivity contribution < 1.29 is 38.8 Å². The van der Waals surface area contributed by atoms with Gasteiger partial charge >= 0.3 is 5.97 Å². The minimum absolute atomic E-state index is 0.142. The van der Waals surface area contributed by atoms with Crippen LogP contribution in [-0.4, -0.2) is 87.7 Å². The van der Waals surface area contributed by atoms with E-state index in [2.05, 4.69) is 21.3 Å². The molecule has 1 heterocycles. The Morgan fingerprint density at radius 2 is 1.67 bits per heavy atom. The molecule has 0 bridgehead atoms. The van der Waals surface area contributed by atoms with E-state index in [0.717, 1.165) is 0 Å². The number of amides is 5. The van der Waals surface area contributed by atoms with Gasteiger partial charge in [0, 0.05) is 30.8 Å². The summed E-state index contributed by atoms with van der Waals surface area (Å²) in [6, 6.07) is 1.33. The molecule has 4 atom stereocenters. The number of nitro benzene ring substituents is 1. The molecule has 1 aliphatic rings. The van der Waals surface area contributed by atoms with Crippen LogP contribution in [0.4, 0.5) is 11.4 Å². The maximum absolute atomic E-state index is 13.3. The highest BCUT2D eigenvalue weighted by Gasteiger charge is 2.38. The van der Waals surface area contributed by atoms with Gasteiger partial charge in [-0.1, -0.05) is 0 Å². The third-order valence-electron chi connectivity index (χ3n) is 6.83. The van der Waals surface area contributed by atoms with Gasteiger partial charge in [0.2, 0.25) is 29.5 Å². The molecule has 0 unspecified atom stereocenters. The first-order valence-electron chi connectivity index (χ1n) is 14.0. The summed E-state index contributed by atoms with van der Waals surface area (Å²) in [6.45, 7) is 3.48. The van der Waals surface area contributed by atoms with Crippen LogP contribution in [-0.2, 0) is 28.8 Å². The number of non-ortho nitro benzene ring substituents is 1. The Morgan fingerprint density at radius 3 is 2.28 bits per heavy atom. The number of nitrogens with two attached hydrogens (primary N) is 1. The fourth-order valence-corrected chi connectivity index (χ4v) is 4.48. The van der Waals surface area contributed by atoms with Crippen LogP contribution in [0.5, 0.6) is 0 Å². The van der Waals surface area contributed by atoms with Gasteiger partial charge in [0.15, 0.2) is 0 Å². The van der Waals surface area contributed by atoms with Gasteiger partial charge in [0.05, 0.1) is 11.3 Å². The normalized spacial score (nSPS) is 16.3. The van der Waals surface area contributed by atoms with Crippen LogP contribution >= 0.6 is 0 Å². The van der Waals surface area contributed by atoms with E-state index in [1.54, 1.807) is 0 Å². The van der Waals surface area contributed by atoms with Crippen molar-refractivity contribution >= 4 is 46.9 Å². The number of benzene rings is 1. The molecule has 16 heteroatoms. The van der Waals surface area contributed by atoms with E-state index in [1.165, 1.54) is 43.0 Å². The third-order valence-corrected chi connectivity index (χ3v) is 6.83. The van der Waals surface area contributed by atoms with Crippen molar-refractivity contribution in [2.24, 2.45) is 5.73 Å². The lowest BCUT2D eigenvalue weighted by atomic mass is 10.1. The third kappa shape index (κ3) is 11.0. The number of hydrogen-bond donors (Lipinski definition) is 6. The summed E-state index contributed by atoms with van der Waals surface area (Å²) in [5, 5.41) is 29.8. The molecule has 0 spiro atoms. The van der Waals surface area contributed by atoms with E-state index >= 15 is 0 Å². The maximum atomic E-state index is 13.3. The molecule has 16 nitrogen and oxygen atoms in total. The van der Waals surface area contributed by atoms with Crippen LogP contribution in [0.15, 0.2) is 24.3 Å². The Balaban J connectivity index is 2.02. The van der Waals surface area contributed by atoms with Crippen molar-refractivity contribution in [2.45, 2.75) is 83.0 Å². The molecule has 0 aliphatic carbocycles. The van der Waals surface area contributed by atoms with Crippen LogP contribution in [0.2, 0.25) is 0 Å². The van der Waals surface area contributed by atoms with Gasteiger partial charge in [-0.2, -0.15) is 0 Å². The number of anilines is 1. The van der Waals surface area contributed by atoms with Gasteiger partial charge in [0.1, 0.15) is 24.2 Å². The standard InChI is InChI=1S/C27H39N7O9/c1-16(29-22(35)12-13-23(36)37)24(38)30-17(2)27(41)33-15-5-7-21(33)26(40)32-20(6-3-4-14-28)25(39)31-18-8-10-19(11-9-18)34(42)43/h8-11,16-17,20-21H,3-7,12-15,28H2,1-2H3,(H,29,35)(H,30,38)(H,31,39)(H,32,40)(H,36,37)/t16-,17-,20-,21-/m0/s1. The lowest BCUT2D eigenvalue weighted by Gasteiger charge is -2.29. The van der Waals surface area contributed by atoms with Gasteiger partial charge in [0.25, 0.3) is 5.69 Å². The largest absolute Gasteiger partial charge is 0.481 e. The number of carbonyl (C=O) groups is 6. The number of rotatable bonds is 16. The highest BCUT2D eigenvalue weighted by atomic mass is 16.6. The Labute approximate surface area is 248 Å². The molecule has 2 rings (SSSR count). The molecule has 0 radical (unpaired) electrons. The summed E-state index contributed by atoms with van der Waals surface area (Å²) >= 11 is 0. The Bertz CT molecular complexity index is 1190. The number of aliphatic carboxylic acids is 1. The van der Waals surface area contributed by atoms with Crippen molar-refractivity contribution in [2.75, 3.05) is 18.4 Å². The van der Waals surface area contributed by atoms with Crippen LogP contribution in [0.1, 0.15) is 58.8 Å². The number of carboxylic acids is 1. The van der Waals surface area contributed by atoms with Crippen molar-refractivity contribution in [1.29, 1.82) is 0 Å². The second kappa shape index (κ2) is 16.7. The molecule has 5 amide bonds. The monoisotopic (exact) mass is 605 g/mol. The predicted octanol–water partition coefficient (Wildman–Crippen LogP) is 0.0123. The first-order valence-corrected chi connectivity index (χ1v) is 14.0. The van der Waals surface area contributed by atoms with Crippen molar-refractivity contribution in [3.63, 3.8) is 0 Å². The quantitative estimate of drug-likeness (QED) is 0.0837. The lowest BCUT2D eigenvalue weighted by molar-refractivity contribution is -0.384. The van der Waals surface area contributed by atoms with E-state index in [1.807, 2.05) is 0 Å². The van der Waals surface area contributed by atoms with Gasteiger partial charge in [-0.15, -0.1) is 0 Å². The minimum Gasteiger partial charge on any atom is -0.481 e. The fraction of sp³-hybridized carbons (Fsp3) is 0.556. The first kappa shape index (κ1) is 34.6. The van der Waals surface area contributed by atoms with Crippen LogP contribution in [0, 0.1) is 10.1 Å². The van der Waals surface area contributed by atoms with Crippen molar-refractivity contribution in [3.05, 3.63) is 34.4 Å². The van der Waals surface area contributed by atoms with Crippen LogP contribution < -0.4 is 27.0 Å². The number of nitrogens with zero attached hydrogens (tertiary/aromatic N) is 2. The molecule has 43 heavy (non-hydrogen) atoms. The molecule has 0 aromatic heterocycles. The van der Waals surface area contributed by atoms with Gasteiger partial charge in [-0.05, 0) is 64.6 Å².